The largest absolute Gasteiger partial charge is 0.351 e. The number of aryl methyl sites for hydroxylation is 2. The summed E-state index contributed by atoms with van der Waals surface area (Å²) in [6.07, 6.45) is 0. The molecule has 136 valence electrons. The Bertz CT molecular complexity index is 1160. The van der Waals surface area contributed by atoms with Crippen molar-refractivity contribution in [1.29, 1.82) is 0 Å². The van der Waals surface area contributed by atoms with E-state index in [9.17, 15) is 9.18 Å². The Hall–Kier alpha value is -3.41. The lowest BCUT2D eigenvalue weighted by Crippen LogP contribution is -2.13. The summed E-state index contributed by atoms with van der Waals surface area (Å²) in [6.45, 7) is 5.80. The number of nitrogens with one attached hydrogen (secondary N) is 2. The van der Waals surface area contributed by atoms with Gasteiger partial charge in [0, 0.05) is 10.9 Å². The number of carbonyl (C=O) groups is 1. The van der Waals surface area contributed by atoms with Crippen LogP contribution in [0.25, 0.3) is 16.6 Å². The first-order valence-electron chi connectivity index (χ1n) is 8.65. The van der Waals surface area contributed by atoms with E-state index in [4.69, 9.17) is 0 Å². The van der Waals surface area contributed by atoms with Crippen LogP contribution in [0.1, 0.15) is 27.4 Å². The summed E-state index contributed by atoms with van der Waals surface area (Å²) in [5, 5.41) is 8.13. The zero-order valence-corrected chi connectivity index (χ0v) is 15.3. The molecule has 2 aromatic carbocycles. The van der Waals surface area contributed by atoms with Crippen molar-refractivity contribution in [1.82, 2.24) is 14.8 Å². The number of anilines is 1. The number of rotatable bonds is 3. The SMILES string of the molecule is Cc1ccc(-n2nc(C)c(NC(=O)c3cc4cc(F)ccc4[nH]3)c2C)cc1. The molecule has 4 rings (SSSR count). The van der Waals surface area contributed by atoms with Gasteiger partial charge in [0.15, 0.2) is 0 Å². The third kappa shape index (κ3) is 3.10. The highest BCUT2D eigenvalue weighted by Gasteiger charge is 2.17. The number of aromatic nitrogens is 3. The highest BCUT2D eigenvalue weighted by Crippen LogP contribution is 2.24. The molecule has 0 saturated carbocycles. The monoisotopic (exact) mass is 362 g/mol. The van der Waals surface area contributed by atoms with Crippen molar-refractivity contribution in [2.75, 3.05) is 5.32 Å². The Labute approximate surface area is 155 Å². The molecule has 1 amide bonds. The fourth-order valence-electron chi connectivity index (χ4n) is 3.17. The van der Waals surface area contributed by atoms with E-state index >= 15 is 0 Å². The van der Waals surface area contributed by atoms with Gasteiger partial charge in [0.05, 0.1) is 22.8 Å². The molecule has 0 atom stereocenters. The Morgan fingerprint density at radius 1 is 1.07 bits per heavy atom. The highest BCUT2D eigenvalue weighted by atomic mass is 19.1. The second-order valence-electron chi connectivity index (χ2n) is 6.66. The number of halogens is 1. The minimum absolute atomic E-state index is 0.290. The molecule has 2 aromatic heterocycles. The lowest BCUT2D eigenvalue weighted by molar-refractivity contribution is 0.102. The van der Waals surface area contributed by atoms with Crippen LogP contribution in [-0.2, 0) is 0 Å². The minimum atomic E-state index is -0.334. The van der Waals surface area contributed by atoms with Crippen molar-refractivity contribution in [2.24, 2.45) is 0 Å². The standard InChI is InChI=1S/C21H19FN4O/c1-12-4-7-17(8-5-12)26-14(3)20(13(2)25-26)24-21(27)19-11-15-10-16(22)6-9-18(15)23-19/h4-11,23H,1-3H3,(H,24,27). The summed E-state index contributed by atoms with van der Waals surface area (Å²) in [7, 11) is 0. The number of amides is 1. The minimum Gasteiger partial charge on any atom is -0.351 e. The van der Waals surface area contributed by atoms with Crippen molar-refractivity contribution in [3.8, 4) is 5.69 Å². The molecule has 0 spiro atoms. The maximum absolute atomic E-state index is 13.4. The second kappa shape index (κ2) is 6.39. The fraction of sp³-hybridized carbons (Fsp3) is 0.143. The zero-order chi connectivity index (χ0) is 19.1. The molecule has 0 aliphatic rings. The summed E-state index contributed by atoms with van der Waals surface area (Å²) in [5.41, 5.74) is 5.43. The van der Waals surface area contributed by atoms with E-state index in [2.05, 4.69) is 15.4 Å². The summed E-state index contributed by atoms with van der Waals surface area (Å²) in [4.78, 5) is 15.7. The molecule has 2 N–H and O–H groups in total. The van der Waals surface area contributed by atoms with Crippen molar-refractivity contribution < 1.29 is 9.18 Å². The molecule has 2 heterocycles. The second-order valence-corrected chi connectivity index (χ2v) is 6.66. The summed E-state index contributed by atoms with van der Waals surface area (Å²) < 4.78 is 15.2. The predicted molar refractivity (Wildman–Crippen MR) is 104 cm³/mol. The molecular weight excluding hydrogens is 343 g/mol. The molecule has 0 aliphatic heterocycles. The average Bonchev–Trinajstić information content (AvgIpc) is 3.18. The van der Waals surface area contributed by atoms with E-state index in [1.54, 1.807) is 12.1 Å². The van der Waals surface area contributed by atoms with Crippen LogP contribution in [-0.4, -0.2) is 20.7 Å². The Balaban J connectivity index is 1.65. The Kier molecular flexibility index (Phi) is 4.03. The van der Waals surface area contributed by atoms with E-state index in [1.165, 1.54) is 17.7 Å². The number of hydrogen-bond acceptors (Lipinski definition) is 2. The maximum atomic E-state index is 13.4. The molecule has 0 fully saturated rings. The molecule has 0 radical (unpaired) electrons. The highest BCUT2D eigenvalue weighted by molar-refractivity contribution is 6.06. The number of benzene rings is 2. The smallest absolute Gasteiger partial charge is 0.272 e. The number of aromatic amines is 1. The van der Waals surface area contributed by atoms with E-state index < -0.39 is 0 Å². The van der Waals surface area contributed by atoms with Gasteiger partial charge in [0.2, 0.25) is 0 Å². The van der Waals surface area contributed by atoms with Crippen molar-refractivity contribution >= 4 is 22.5 Å². The summed E-state index contributed by atoms with van der Waals surface area (Å²) >= 11 is 0. The van der Waals surface area contributed by atoms with Gasteiger partial charge in [-0.15, -0.1) is 0 Å². The van der Waals surface area contributed by atoms with Gasteiger partial charge in [-0.05, 0) is 57.2 Å². The van der Waals surface area contributed by atoms with Gasteiger partial charge in [-0.2, -0.15) is 5.10 Å². The lowest BCUT2D eigenvalue weighted by atomic mass is 10.2. The molecule has 6 heteroatoms. The zero-order valence-electron chi connectivity index (χ0n) is 15.3. The molecule has 27 heavy (non-hydrogen) atoms. The summed E-state index contributed by atoms with van der Waals surface area (Å²) in [6, 6.07) is 14.0. The van der Waals surface area contributed by atoms with Gasteiger partial charge in [0.1, 0.15) is 11.5 Å². The normalized spacial score (nSPS) is 11.1. The number of H-pyrrole nitrogens is 1. The number of fused-ring (bicyclic) bond motifs is 1. The van der Waals surface area contributed by atoms with E-state index in [1.807, 2.05) is 49.7 Å². The van der Waals surface area contributed by atoms with Crippen LogP contribution in [0.5, 0.6) is 0 Å². The quantitative estimate of drug-likeness (QED) is 0.556. The third-order valence-corrected chi connectivity index (χ3v) is 4.64. The van der Waals surface area contributed by atoms with Crippen LogP contribution < -0.4 is 5.32 Å². The molecule has 0 saturated heterocycles. The van der Waals surface area contributed by atoms with Crippen molar-refractivity contribution in [3.63, 3.8) is 0 Å². The van der Waals surface area contributed by atoms with Crippen molar-refractivity contribution in [3.05, 3.63) is 77.0 Å². The predicted octanol–water partition coefficient (Wildman–Crippen LogP) is 4.67. The molecule has 4 aromatic rings. The van der Waals surface area contributed by atoms with Gasteiger partial charge in [0.25, 0.3) is 5.91 Å². The topological polar surface area (TPSA) is 62.7 Å². The number of hydrogen-bond donors (Lipinski definition) is 2. The molecular formula is C21H19FN4O. The number of carbonyl (C=O) groups excluding carboxylic acids is 1. The van der Waals surface area contributed by atoms with E-state index in [0.29, 0.717) is 22.3 Å². The van der Waals surface area contributed by atoms with Crippen LogP contribution in [0.4, 0.5) is 10.1 Å². The average molecular weight is 362 g/mol. The number of nitrogens with zero attached hydrogens (tertiary/aromatic N) is 2. The Morgan fingerprint density at radius 3 is 2.56 bits per heavy atom. The van der Waals surface area contributed by atoms with Crippen LogP contribution in [0.15, 0.2) is 48.5 Å². The molecule has 0 aliphatic carbocycles. The molecule has 0 unspecified atom stereocenters. The van der Waals surface area contributed by atoms with Gasteiger partial charge >= 0.3 is 0 Å². The van der Waals surface area contributed by atoms with Gasteiger partial charge in [-0.25, -0.2) is 9.07 Å². The van der Waals surface area contributed by atoms with Crippen LogP contribution in [0, 0.1) is 26.6 Å². The van der Waals surface area contributed by atoms with Gasteiger partial charge in [-0.1, -0.05) is 17.7 Å². The first-order valence-corrected chi connectivity index (χ1v) is 8.65. The van der Waals surface area contributed by atoms with Gasteiger partial charge in [-0.3, -0.25) is 4.79 Å². The van der Waals surface area contributed by atoms with Crippen LogP contribution >= 0.6 is 0 Å². The third-order valence-electron chi connectivity index (χ3n) is 4.64. The Morgan fingerprint density at radius 2 is 1.81 bits per heavy atom. The van der Waals surface area contributed by atoms with Crippen molar-refractivity contribution in [2.45, 2.75) is 20.8 Å². The van der Waals surface area contributed by atoms with Crippen LogP contribution in [0.3, 0.4) is 0 Å². The van der Waals surface area contributed by atoms with E-state index in [-0.39, 0.29) is 11.7 Å². The van der Waals surface area contributed by atoms with Crippen LogP contribution in [0.2, 0.25) is 0 Å². The molecule has 0 bridgehead atoms. The first-order chi connectivity index (χ1) is 12.9. The fourth-order valence-corrected chi connectivity index (χ4v) is 3.17. The summed E-state index contributed by atoms with van der Waals surface area (Å²) in [5.74, 6) is -0.624. The van der Waals surface area contributed by atoms with E-state index in [0.717, 1.165) is 17.1 Å². The lowest BCUT2D eigenvalue weighted by Gasteiger charge is -2.07. The molecule has 5 nitrogen and oxygen atoms in total. The first kappa shape index (κ1) is 17.0. The maximum Gasteiger partial charge on any atom is 0.272 e. The van der Waals surface area contributed by atoms with Gasteiger partial charge < -0.3 is 10.3 Å².